The molecule has 1 atom stereocenters. The Bertz CT molecular complexity index is 374. The van der Waals surface area contributed by atoms with Gasteiger partial charge in [0.05, 0.1) is 0 Å². The van der Waals surface area contributed by atoms with Crippen LogP contribution in [-0.2, 0) is 14.4 Å². The fourth-order valence-corrected chi connectivity index (χ4v) is 1.08. The van der Waals surface area contributed by atoms with E-state index in [1.807, 2.05) is 6.92 Å². The van der Waals surface area contributed by atoms with Gasteiger partial charge < -0.3 is 20.6 Å². The lowest BCUT2D eigenvalue weighted by Crippen LogP contribution is -2.56. The van der Waals surface area contributed by atoms with Crippen molar-refractivity contribution in [1.82, 2.24) is 5.32 Å². The Balaban J connectivity index is 4.82. The van der Waals surface area contributed by atoms with Crippen LogP contribution >= 0.6 is 0 Å². The largest absolute Gasteiger partial charge is 0.444 e. The highest BCUT2D eigenvalue weighted by molar-refractivity contribution is 5.92. The molecule has 19 heavy (non-hydrogen) atoms. The van der Waals surface area contributed by atoms with Crippen LogP contribution in [0.3, 0.4) is 0 Å². The fourth-order valence-electron chi connectivity index (χ4n) is 1.08. The Kier molecular flexibility index (Phi) is 5.80. The zero-order valence-electron chi connectivity index (χ0n) is 12.4. The first-order chi connectivity index (χ1) is 8.50. The van der Waals surface area contributed by atoms with E-state index < -0.39 is 23.2 Å². The van der Waals surface area contributed by atoms with Crippen LogP contribution in [0, 0.1) is 0 Å². The van der Waals surface area contributed by atoms with Gasteiger partial charge in [0, 0.05) is 6.92 Å². The summed E-state index contributed by atoms with van der Waals surface area (Å²) in [6.07, 6.45) is -0.152. The summed E-state index contributed by atoms with van der Waals surface area (Å²) >= 11 is 0. The fraction of sp³-hybridized carbons (Fsp3) is 0.750. The zero-order valence-corrected chi connectivity index (χ0v) is 12.4. The maximum Gasteiger partial charge on any atom is 0.408 e. The molecule has 0 rings (SSSR count). The molecule has 0 bridgehead atoms. The van der Waals surface area contributed by atoms with Crippen molar-refractivity contribution in [3.63, 3.8) is 0 Å². The Morgan fingerprint density at radius 2 is 1.79 bits per heavy atom. The number of rotatable bonds is 4. The monoisotopic (exact) mass is 273 g/mol. The molecule has 1 amide bonds. The highest BCUT2D eigenvalue weighted by atomic mass is 16.7. The molecule has 0 fully saturated rings. The first-order valence-electron chi connectivity index (χ1n) is 6.03. The SMILES string of the molecule is CCC(C)(NC(=O)OC(C)(C)C)C(N)=NOC(C)=O. The predicted molar refractivity (Wildman–Crippen MR) is 71.5 cm³/mol. The zero-order chi connectivity index (χ0) is 15.3. The van der Waals surface area contributed by atoms with E-state index in [4.69, 9.17) is 10.5 Å². The lowest BCUT2D eigenvalue weighted by molar-refractivity contribution is -0.141. The van der Waals surface area contributed by atoms with Crippen molar-refractivity contribution < 1.29 is 19.2 Å². The number of nitrogens with zero attached hydrogens (tertiary/aromatic N) is 1. The van der Waals surface area contributed by atoms with E-state index >= 15 is 0 Å². The van der Waals surface area contributed by atoms with Crippen LogP contribution in [0.5, 0.6) is 0 Å². The summed E-state index contributed by atoms with van der Waals surface area (Å²) in [6, 6.07) is 0. The number of hydrogen-bond donors (Lipinski definition) is 2. The first-order valence-corrected chi connectivity index (χ1v) is 6.03. The second-order valence-electron chi connectivity index (χ2n) is 5.37. The van der Waals surface area contributed by atoms with E-state index in [9.17, 15) is 9.59 Å². The van der Waals surface area contributed by atoms with Crippen LogP contribution in [0.2, 0.25) is 0 Å². The topological polar surface area (TPSA) is 103 Å². The van der Waals surface area contributed by atoms with Gasteiger partial charge >= 0.3 is 12.1 Å². The molecule has 0 heterocycles. The van der Waals surface area contributed by atoms with Gasteiger partial charge in [-0.15, -0.1) is 0 Å². The number of carbonyl (C=O) groups is 2. The number of nitrogens with two attached hydrogens (primary N) is 1. The van der Waals surface area contributed by atoms with Gasteiger partial charge in [-0.3, -0.25) is 0 Å². The molecule has 0 radical (unpaired) electrons. The van der Waals surface area contributed by atoms with Gasteiger partial charge in [-0.25, -0.2) is 9.59 Å². The van der Waals surface area contributed by atoms with Gasteiger partial charge in [0.25, 0.3) is 0 Å². The second-order valence-corrected chi connectivity index (χ2v) is 5.37. The third-order valence-corrected chi connectivity index (χ3v) is 2.32. The van der Waals surface area contributed by atoms with Gasteiger partial charge in [0.2, 0.25) is 0 Å². The normalized spacial score (nSPS) is 15.4. The summed E-state index contributed by atoms with van der Waals surface area (Å²) in [4.78, 5) is 26.9. The lowest BCUT2D eigenvalue weighted by atomic mass is 9.98. The molecule has 0 aromatic rings. The molecule has 7 nitrogen and oxygen atoms in total. The molecule has 0 aliphatic rings. The minimum atomic E-state index is -0.947. The molecule has 0 saturated heterocycles. The number of carbonyl (C=O) groups excluding carboxylic acids is 2. The second kappa shape index (κ2) is 6.40. The molecule has 0 aromatic heterocycles. The van der Waals surface area contributed by atoms with Crippen molar-refractivity contribution in [2.75, 3.05) is 0 Å². The molecule has 0 aromatic carbocycles. The number of ether oxygens (including phenoxy) is 1. The van der Waals surface area contributed by atoms with E-state index in [2.05, 4.69) is 15.3 Å². The lowest BCUT2D eigenvalue weighted by Gasteiger charge is -2.30. The number of nitrogens with one attached hydrogen (secondary N) is 1. The van der Waals surface area contributed by atoms with Gasteiger partial charge in [-0.1, -0.05) is 12.1 Å². The maximum atomic E-state index is 11.7. The van der Waals surface area contributed by atoms with E-state index in [-0.39, 0.29) is 5.84 Å². The summed E-state index contributed by atoms with van der Waals surface area (Å²) in [6.45, 7) is 9.96. The molecule has 7 heteroatoms. The summed E-state index contributed by atoms with van der Waals surface area (Å²) < 4.78 is 5.14. The highest BCUT2D eigenvalue weighted by Crippen LogP contribution is 2.13. The molecular formula is C12H23N3O4. The van der Waals surface area contributed by atoms with Crippen molar-refractivity contribution >= 4 is 17.9 Å². The van der Waals surface area contributed by atoms with Crippen LogP contribution in [0.25, 0.3) is 0 Å². The molecule has 1 unspecified atom stereocenters. The van der Waals surface area contributed by atoms with Gasteiger partial charge in [-0.05, 0) is 34.1 Å². The van der Waals surface area contributed by atoms with Crippen LogP contribution in [0.15, 0.2) is 5.16 Å². The average Bonchev–Trinajstić information content (AvgIpc) is 2.22. The van der Waals surface area contributed by atoms with Crippen molar-refractivity contribution in [2.45, 2.75) is 59.1 Å². The van der Waals surface area contributed by atoms with Crippen molar-refractivity contribution in [1.29, 1.82) is 0 Å². The average molecular weight is 273 g/mol. The molecular weight excluding hydrogens is 250 g/mol. The van der Waals surface area contributed by atoms with Crippen LogP contribution < -0.4 is 11.1 Å². The minimum absolute atomic E-state index is 0.00365. The number of hydrogen-bond acceptors (Lipinski definition) is 5. The Morgan fingerprint density at radius 1 is 1.26 bits per heavy atom. The third-order valence-electron chi connectivity index (χ3n) is 2.32. The minimum Gasteiger partial charge on any atom is -0.444 e. The Labute approximate surface area is 113 Å². The predicted octanol–water partition coefficient (Wildman–Crippen LogP) is 1.52. The molecule has 0 saturated carbocycles. The van der Waals surface area contributed by atoms with Gasteiger partial charge in [0.1, 0.15) is 11.1 Å². The van der Waals surface area contributed by atoms with Crippen molar-refractivity contribution in [2.24, 2.45) is 10.9 Å². The molecule has 110 valence electrons. The van der Waals surface area contributed by atoms with E-state index in [1.54, 1.807) is 27.7 Å². The van der Waals surface area contributed by atoms with E-state index in [1.165, 1.54) is 6.92 Å². The Hall–Kier alpha value is -1.79. The standard InChI is InChI=1S/C12H23N3O4/c1-7-12(6,9(13)15-19-8(2)16)14-10(17)18-11(3,4)5/h7H2,1-6H3,(H2,13,15)(H,14,17). The quantitative estimate of drug-likeness (QED) is 0.350. The summed E-state index contributed by atoms with van der Waals surface area (Å²) in [5.74, 6) is -0.588. The van der Waals surface area contributed by atoms with Gasteiger partial charge in [0.15, 0.2) is 5.84 Å². The van der Waals surface area contributed by atoms with Crippen molar-refractivity contribution in [3.05, 3.63) is 0 Å². The highest BCUT2D eigenvalue weighted by Gasteiger charge is 2.32. The first kappa shape index (κ1) is 17.2. The number of alkyl carbamates (subject to hydrolysis) is 1. The summed E-state index contributed by atoms with van der Waals surface area (Å²) in [5.41, 5.74) is 4.17. The van der Waals surface area contributed by atoms with E-state index in [0.29, 0.717) is 6.42 Å². The van der Waals surface area contributed by atoms with E-state index in [0.717, 1.165) is 0 Å². The number of amides is 1. The van der Waals surface area contributed by atoms with Crippen LogP contribution in [-0.4, -0.2) is 29.0 Å². The third kappa shape index (κ3) is 6.64. The molecule has 3 N–H and O–H groups in total. The summed E-state index contributed by atoms with van der Waals surface area (Å²) in [7, 11) is 0. The molecule has 0 aliphatic carbocycles. The molecule has 0 aliphatic heterocycles. The summed E-state index contributed by atoms with van der Waals surface area (Å²) in [5, 5.41) is 6.11. The maximum absolute atomic E-state index is 11.7. The Morgan fingerprint density at radius 3 is 2.16 bits per heavy atom. The number of amidine groups is 1. The van der Waals surface area contributed by atoms with Crippen LogP contribution in [0.1, 0.15) is 48.0 Å². The van der Waals surface area contributed by atoms with Crippen LogP contribution in [0.4, 0.5) is 4.79 Å². The number of oxime groups is 1. The van der Waals surface area contributed by atoms with Gasteiger partial charge in [-0.2, -0.15) is 0 Å². The smallest absolute Gasteiger partial charge is 0.408 e. The molecule has 0 spiro atoms. The van der Waals surface area contributed by atoms with Crippen molar-refractivity contribution in [3.8, 4) is 0 Å².